The first-order valence-corrected chi connectivity index (χ1v) is 8.01. The summed E-state index contributed by atoms with van der Waals surface area (Å²) in [4.78, 5) is 17.6. The van der Waals surface area contributed by atoms with Crippen LogP contribution in [0.15, 0.2) is 29.9 Å². The lowest BCUT2D eigenvalue weighted by molar-refractivity contribution is -0.122. The zero-order chi connectivity index (χ0) is 13.8. The summed E-state index contributed by atoms with van der Waals surface area (Å²) >= 11 is 1.76. The van der Waals surface area contributed by atoms with Crippen LogP contribution in [-0.2, 0) is 24.2 Å². The molecule has 3 heterocycles. The molecule has 1 atom stereocenters. The molecule has 0 spiro atoms. The van der Waals surface area contributed by atoms with E-state index in [4.69, 9.17) is 0 Å². The van der Waals surface area contributed by atoms with Crippen molar-refractivity contribution < 1.29 is 4.79 Å². The predicted molar refractivity (Wildman–Crippen MR) is 79.7 cm³/mol. The molecule has 1 amide bonds. The number of amides is 1. The molecule has 0 saturated heterocycles. The van der Waals surface area contributed by atoms with Gasteiger partial charge in [0, 0.05) is 42.7 Å². The Hall–Kier alpha value is -1.62. The quantitative estimate of drug-likeness (QED) is 0.918. The Balaban J connectivity index is 1.41. The number of carbonyl (C=O) groups excluding carboxylic acids is 1. The standard InChI is InChI=1S/C15H19N3OS/c19-15(5-1-3-13-4-2-10-20-13)17-12-6-7-14-16-8-9-18(14)11-12/h2,4,8-10,12H,1,3,5-7,11H2,(H,17,19)/t12-/m1/s1. The molecule has 4 nitrogen and oxygen atoms in total. The summed E-state index contributed by atoms with van der Waals surface area (Å²) < 4.78 is 2.14. The second-order valence-electron chi connectivity index (χ2n) is 5.23. The summed E-state index contributed by atoms with van der Waals surface area (Å²) in [6.45, 7) is 0.853. The van der Waals surface area contributed by atoms with Crippen LogP contribution in [0.2, 0.25) is 0 Å². The van der Waals surface area contributed by atoms with E-state index in [9.17, 15) is 4.79 Å². The Kier molecular flexibility index (Phi) is 4.16. The van der Waals surface area contributed by atoms with Crippen molar-refractivity contribution in [1.82, 2.24) is 14.9 Å². The van der Waals surface area contributed by atoms with E-state index in [0.29, 0.717) is 6.42 Å². The second-order valence-corrected chi connectivity index (χ2v) is 6.26. The van der Waals surface area contributed by atoms with Crippen LogP contribution >= 0.6 is 11.3 Å². The van der Waals surface area contributed by atoms with Gasteiger partial charge in [-0.25, -0.2) is 4.98 Å². The van der Waals surface area contributed by atoms with Crippen molar-refractivity contribution in [3.05, 3.63) is 40.6 Å². The van der Waals surface area contributed by atoms with Gasteiger partial charge in [-0.05, 0) is 30.7 Å². The van der Waals surface area contributed by atoms with Gasteiger partial charge in [0.25, 0.3) is 0 Å². The maximum Gasteiger partial charge on any atom is 0.220 e. The molecular formula is C15H19N3OS. The number of carbonyl (C=O) groups is 1. The van der Waals surface area contributed by atoms with Gasteiger partial charge in [0.2, 0.25) is 5.91 Å². The zero-order valence-corrected chi connectivity index (χ0v) is 12.2. The first kappa shape index (κ1) is 13.4. The number of hydrogen-bond acceptors (Lipinski definition) is 3. The van der Waals surface area contributed by atoms with Crippen LogP contribution in [0.25, 0.3) is 0 Å². The van der Waals surface area contributed by atoms with Gasteiger partial charge >= 0.3 is 0 Å². The fraction of sp³-hybridized carbons (Fsp3) is 0.467. The average molecular weight is 289 g/mol. The van der Waals surface area contributed by atoms with Gasteiger partial charge in [-0.2, -0.15) is 0 Å². The fourth-order valence-electron chi connectivity index (χ4n) is 2.66. The molecule has 5 heteroatoms. The Morgan fingerprint density at radius 2 is 2.50 bits per heavy atom. The van der Waals surface area contributed by atoms with Crippen LogP contribution in [0.5, 0.6) is 0 Å². The molecule has 0 aromatic carbocycles. The number of aromatic nitrogens is 2. The van der Waals surface area contributed by atoms with Crippen LogP contribution in [0.3, 0.4) is 0 Å². The van der Waals surface area contributed by atoms with E-state index in [0.717, 1.165) is 38.1 Å². The average Bonchev–Trinajstić information content (AvgIpc) is 3.08. The van der Waals surface area contributed by atoms with Crippen molar-refractivity contribution in [1.29, 1.82) is 0 Å². The number of fused-ring (bicyclic) bond motifs is 1. The molecule has 1 aliphatic heterocycles. The third kappa shape index (κ3) is 3.28. The normalized spacial score (nSPS) is 17.7. The van der Waals surface area contributed by atoms with E-state index in [1.54, 1.807) is 11.3 Å². The van der Waals surface area contributed by atoms with Crippen LogP contribution in [0.1, 0.15) is 30.0 Å². The molecule has 2 aromatic rings. The van der Waals surface area contributed by atoms with E-state index >= 15 is 0 Å². The number of rotatable bonds is 5. The minimum atomic E-state index is 0.176. The number of thiophene rings is 1. The van der Waals surface area contributed by atoms with Crippen molar-refractivity contribution in [3.8, 4) is 0 Å². The van der Waals surface area contributed by atoms with Gasteiger partial charge < -0.3 is 9.88 Å². The number of imidazole rings is 1. The monoisotopic (exact) mass is 289 g/mol. The third-order valence-corrected chi connectivity index (χ3v) is 4.64. The maximum atomic E-state index is 12.0. The van der Waals surface area contributed by atoms with E-state index in [1.165, 1.54) is 4.88 Å². The molecule has 0 unspecified atom stereocenters. The van der Waals surface area contributed by atoms with Crippen LogP contribution in [-0.4, -0.2) is 21.5 Å². The molecular weight excluding hydrogens is 270 g/mol. The molecule has 0 bridgehead atoms. The number of hydrogen-bond donors (Lipinski definition) is 1. The lowest BCUT2D eigenvalue weighted by atomic mass is 10.1. The highest BCUT2D eigenvalue weighted by Crippen LogP contribution is 2.14. The van der Waals surface area contributed by atoms with Crippen molar-refractivity contribution in [2.24, 2.45) is 0 Å². The van der Waals surface area contributed by atoms with E-state index in [1.807, 2.05) is 12.4 Å². The summed E-state index contributed by atoms with van der Waals surface area (Å²) in [7, 11) is 0. The van der Waals surface area contributed by atoms with Crippen molar-refractivity contribution in [2.75, 3.05) is 0 Å². The summed E-state index contributed by atoms with van der Waals surface area (Å²) in [5.74, 6) is 1.31. The molecule has 1 N–H and O–H groups in total. The van der Waals surface area contributed by atoms with Crippen LogP contribution in [0.4, 0.5) is 0 Å². The topological polar surface area (TPSA) is 46.9 Å². The Morgan fingerprint density at radius 3 is 3.35 bits per heavy atom. The molecule has 0 radical (unpaired) electrons. The number of nitrogens with one attached hydrogen (secondary N) is 1. The maximum absolute atomic E-state index is 12.0. The van der Waals surface area contributed by atoms with Crippen molar-refractivity contribution in [3.63, 3.8) is 0 Å². The zero-order valence-electron chi connectivity index (χ0n) is 11.4. The van der Waals surface area contributed by atoms with Crippen LogP contribution in [0, 0.1) is 0 Å². The van der Waals surface area contributed by atoms with Crippen molar-refractivity contribution >= 4 is 17.2 Å². The summed E-state index contributed by atoms with van der Waals surface area (Å²) in [5, 5.41) is 5.23. The molecule has 0 saturated carbocycles. The Bertz CT molecular complexity index is 561. The molecule has 0 fully saturated rings. The second kappa shape index (κ2) is 6.22. The molecule has 20 heavy (non-hydrogen) atoms. The Morgan fingerprint density at radius 1 is 1.55 bits per heavy atom. The minimum Gasteiger partial charge on any atom is -0.352 e. The molecule has 1 aliphatic rings. The van der Waals surface area contributed by atoms with E-state index in [-0.39, 0.29) is 11.9 Å². The van der Waals surface area contributed by atoms with Crippen LogP contribution < -0.4 is 5.32 Å². The molecule has 0 aliphatic carbocycles. The number of aryl methyl sites for hydroxylation is 2. The third-order valence-electron chi connectivity index (χ3n) is 3.71. The van der Waals surface area contributed by atoms with Crippen molar-refractivity contribution in [2.45, 2.75) is 44.7 Å². The van der Waals surface area contributed by atoms with Gasteiger partial charge in [-0.15, -0.1) is 11.3 Å². The highest BCUT2D eigenvalue weighted by molar-refractivity contribution is 7.09. The van der Waals surface area contributed by atoms with Gasteiger partial charge in [-0.3, -0.25) is 4.79 Å². The van der Waals surface area contributed by atoms with Gasteiger partial charge in [0.1, 0.15) is 5.82 Å². The van der Waals surface area contributed by atoms with Gasteiger partial charge in [0.05, 0.1) is 0 Å². The summed E-state index contributed by atoms with van der Waals surface area (Å²) in [5.41, 5.74) is 0. The number of nitrogens with zero attached hydrogens (tertiary/aromatic N) is 2. The highest BCUT2D eigenvalue weighted by Gasteiger charge is 2.19. The first-order chi connectivity index (χ1) is 9.81. The predicted octanol–water partition coefficient (Wildman–Crippen LogP) is 2.40. The molecule has 2 aromatic heterocycles. The lowest BCUT2D eigenvalue weighted by Gasteiger charge is -2.24. The minimum absolute atomic E-state index is 0.176. The smallest absolute Gasteiger partial charge is 0.220 e. The Labute approximate surface area is 122 Å². The molecule has 106 valence electrons. The van der Waals surface area contributed by atoms with E-state index in [2.05, 4.69) is 32.4 Å². The van der Waals surface area contributed by atoms with E-state index < -0.39 is 0 Å². The van der Waals surface area contributed by atoms with Gasteiger partial charge in [-0.1, -0.05) is 6.07 Å². The fourth-order valence-corrected chi connectivity index (χ4v) is 3.41. The highest BCUT2D eigenvalue weighted by atomic mass is 32.1. The summed E-state index contributed by atoms with van der Waals surface area (Å²) in [6, 6.07) is 4.45. The SMILES string of the molecule is O=C(CCCc1cccs1)N[C@@H]1CCc2nccn2C1. The summed E-state index contributed by atoms with van der Waals surface area (Å²) in [6.07, 6.45) is 8.31. The lowest BCUT2D eigenvalue weighted by Crippen LogP contribution is -2.40. The van der Waals surface area contributed by atoms with Gasteiger partial charge in [0.15, 0.2) is 0 Å². The largest absolute Gasteiger partial charge is 0.352 e. The first-order valence-electron chi connectivity index (χ1n) is 7.13. The molecule has 3 rings (SSSR count).